The molecule has 1 aliphatic carbocycles. The van der Waals surface area contributed by atoms with E-state index in [1.54, 1.807) is 0 Å². The Morgan fingerprint density at radius 1 is 1.36 bits per heavy atom. The average Bonchev–Trinajstić information content (AvgIpc) is 2.07. The Labute approximate surface area is 63.3 Å². The largest absolute Gasteiger partial charge is 0.386 e. The Morgan fingerprint density at radius 3 is 2.45 bits per heavy atom. The zero-order valence-electron chi connectivity index (χ0n) is 5.79. The van der Waals surface area contributed by atoms with Crippen LogP contribution in [0.25, 0.3) is 0 Å². The van der Waals surface area contributed by atoms with Gasteiger partial charge in [-0.3, -0.25) is 0 Å². The first kappa shape index (κ1) is 6.34. The van der Waals surface area contributed by atoms with Gasteiger partial charge < -0.3 is 4.74 Å². The molecule has 3 nitrogen and oxygen atoms in total. The second-order valence-electron chi connectivity index (χ2n) is 2.53. The van der Waals surface area contributed by atoms with Gasteiger partial charge in [0.25, 0.3) is 0 Å². The second-order valence-corrected chi connectivity index (χ2v) is 2.53. The monoisotopic (exact) mass is 150 g/mol. The molecular weight excluding hydrogens is 144 g/mol. The third kappa shape index (κ3) is 0.888. The molecule has 0 bridgehead atoms. The number of ether oxygens (including phenoxy) is 1. The molecule has 2 aliphatic rings. The van der Waals surface area contributed by atoms with E-state index in [1.807, 2.05) is 6.08 Å². The van der Waals surface area contributed by atoms with Gasteiger partial charge in [0.05, 0.1) is 5.57 Å². The summed E-state index contributed by atoms with van der Waals surface area (Å²) in [5.41, 5.74) is 1.39. The van der Waals surface area contributed by atoms with Crippen molar-refractivity contribution >= 4 is 11.9 Å². The summed E-state index contributed by atoms with van der Waals surface area (Å²) in [6.45, 7) is 0. The van der Waals surface area contributed by atoms with Crippen molar-refractivity contribution < 1.29 is 14.3 Å². The number of carbonyl (C=O) groups is 2. The second kappa shape index (κ2) is 2.05. The highest BCUT2D eigenvalue weighted by molar-refractivity contribution is 6.11. The zero-order chi connectivity index (χ0) is 7.84. The maximum absolute atomic E-state index is 10.9. The van der Waals surface area contributed by atoms with Gasteiger partial charge in [-0.25, -0.2) is 9.59 Å². The molecule has 0 amide bonds. The molecule has 11 heavy (non-hydrogen) atoms. The minimum absolute atomic E-state index is 0.446. The molecule has 0 N–H and O–H groups in total. The van der Waals surface area contributed by atoms with Crippen molar-refractivity contribution in [2.45, 2.75) is 12.8 Å². The first-order chi connectivity index (χ1) is 5.27. The van der Waals surface area contributed by atoms with Gasteiger partial charge in [-0.2, -0.15) is 0 Å². The summed E-state index contributed by atoms with van der Waals surface area (Å²) >= 11 is 0. The molecule has 0 radical (unpaired) electrons. The Hall–Kier alpha value is -1.38. The molecule has 1 heterocycles. The van der Waals surface area contributed by atoms with E-state index in [0.717, 1.165) is 18.4 Å². The molecule has 0 saturated heterocycles. The molecule has 0 unspecified atom stereocenters. The lowest BCUT2D eigenvalue weighted by Crippen LogP contribution is -2.06. The smallest absolute Gasteiger partial charge is 0.346 e. The van der Waals surface area contributed by atoms with Crippen molar-refractivity contribution in [1.29, 1.82) is 0 Å². The Morgan fingerprint density at radius 2 is 2.09 bits per heavy atom. The quantitative estimate of drug-likeness (QED) is 0.408. The van der Waals surface area contributed by atoms with Crippen molar-refractivity contribution in [3.05, 3.63) is 23.3 Å². The van der Waals surface area contributed by atoms with E-state index < -0.39 is 11.9 Å². The van der Waals surface area contributed by atoms with Crippen LogP contribution in [0.1, 0.15) is 12.8 Å². The molecule has 0 aromatic heterocycles. The first-order valence-corrected chi connectivity index (χ1v) is 3.44. The van der Waals surface area contributed by atoms with Crippen molar-refractivity contribution in [3.8, 4) is 0 Å². The van der Waals surface area contributed by atoms with Gasteiger partial charge in [-0.1, -0.05) is 6.08 Å². The lowest BCUT2D eigenvalue weighted by atomic mass is 9.92. The maximum Gasteiger partial charge on any atom is 0.346 e. The highest BCUT2D eigenvalue weighted by atomic mass is 16.6. The molecule has 0 fully saturated rings. The summed E-state index contributed by atoms with van der Waals surface area (Å²) in [6, 6.07) is 0. The van der Waals surface area contributed by atoms with Crippen LogP contribution in [0.15, 0.2) is 23.3 Å². The van der Waals surface area contributed by atoms with Crippen LogP contribution in [-0.2, 0) is 14.3 Å². The summed E-state index contributed by atoms with van der Waals surface area (Å²) in [5, 5.41) is 0. The summed E-state index contributed by atoms with van der Waals surface area (Å²) < 4.78 is 4.32. The standard InChI is InChI=1S/C8H6O3/c9-7-4-6(8(10)11-7)5-2-1-3-5/h2,4H,1,3H2. The first-order valence-electron chi connectivity index (χ1n) is 3.44. The molecule has 0 saturated carbocycles. The number of esters is 2. The summed E-state index contributed by atoms with van der Waals surface area (Å²) in [4.78, 5) is 21.4. The van der Waals surface area contributed by atoms with E-state index in [1.165, 1.54) is 6.08 Å². The number of hydrogen-bond donors (Lipinski definition) is 0. The molecule has 56 valence electrons. The molecule has 0 aromatic carbocycles. The number of rotatable bonds is 1. The fourth-order valence-electron chi connectivity index (χ4n) is 1.11. The van der Waals surface area contributed by atoms with E-state index >= 15 is 0 Å². The van der Waals surface area contributed by atoms with Gasteiger partial charge in [0, 0.05) is 6.08 Å². The van der Waals surface area contributed by atoms with E-state index in [0.29, 0.717) is 5.57 Å². The van der Waals surface area contributed by atoms with Crippen LogP contribution in [0, 0.1) is 0 Å². The number of carbonyl (C=O) groups excluding carboxylic acids is 2. The van der Waals surface area contributed by atoms with Crippen LogP contribution >= 0.6 is 0 Å². The fourth-order valence-corrected chi connectivity index (χ4v) is 1.11. The third-order valence-corrected chi connectivity index (χ3v) is 1.83. The maximum atomic E-state index is 10.9. The lowest BCUT2D eigenvalue weighted by molar-refractivity contribution is -0.150. The number of cyclic esters (lactones) is 2. The molecule has 3 heteroatoms. The fraction of sp³-hybridized carbons (Fsp3) is 0.250. The van der Waals surface area contributed by atoms with Crippen LogP contribution in [0.3, 0.4) is 0 Å². The molecule has 2 rings (SSSR count). The van der Waals surface area contributed by atoms with Crippen molar-refractivity contribution in [2.75, 3.05) is 0 Å². The van der Waals surface area contributed by atoms with E-state index in [9.17, 15) is 9.59 Å². The predicted octanol–water partition coefficient (Wildman–Crippen LogP) is 0.716. The normalized spacial score (nSPS) is 22.2. The van der Waals surface area contributed by atoms with Crippen LogP contribution in [0.5, 0.6) is 0 Å². The number of hydrogen-bond acceptors (Lipinski definition) is 3. The van der Waals surface area contributed by atoms with Crippen LogP contribution < -0.4 is 0 Å². The lowest BCUT2D eigenvalue weighted by Gasteiger charge is -2.12. The van der Waals surface area contributed by atoms with E-state index in [2.05, 4.69) is 4.74 Å². The van der Waals surface area contributed by atoms with Gasteiger partial charge in [0.15, 0.2) is 0 Å². The minimum atomic E-state index is -0.544. The molecule has 1 aliphatic heterocycles. The molecule has 0 spiro atoms. The Kier molecular flexibility index (Phi) is 1.18. The topological polar surface area (TPSA) is 43.4 Å². The predicted molar refractivity (Wildman–Crippen MR) is 36.5 cm³/mol. The Balaban J connectivity index is 2.31. The average molecular weight is 150 g/mol. The van der Waals surface area contributed by atoms with E-state index in [-0.39, 0.29) is 0 Å². The zero-order valence-corrected chi connectivity index (χ0v) is 5.79. The van der Waals surface area contributed by atoms with Crippen LogP contribution in [0.2, 0.25) is 0 Å². The van der Waals surface area contributed by atoms with Gasteiger partial charge in [0.2, 0.25) is 0 Å². The van der Waals surface area contributed by atoms with Gasteiger partial charge in [-0.05, 0) is 18.4 Å². The molecular formula is C8H6O3. The Bertz CT molecular complexity index is 296. The highest BCUT2D eigenvalue weighted by Gasteiger charge is 2.27. The summed E-state index contributed by atoms with van der Waals surface area (Å²) in [6.07, 6.45) is 5.07. The van der Waals surface area contributed by atoms with Crippen LogP contribution in [0.4, 0.5) is 0 Å². The minimum Gasteiger partial charge on any atom is -0.386 e. The van der Waals surface area contributed by atoms with Crippen molar-refractivity contribution in [3.63, 3.8) is 0 Å². The summed E-state index contributed by atoms with van der Waals surface area (Å²) in [5.74, 6) is -1.04. The van der Waals surface area contributed by atoms with Gasteiger partial charge >= 0.3 is 11.9 Å². The van der Waals surface area contributed by atoms with Crippen molar-refractivity contribution in [2.24, 2.45) is 0 Å². The van der Waals surface area contributed by atoms with Crippen molar-refractivity contribution in [1.82, 2.24) is 0 Å². The van der Waals surface area contributed by atoms with Crippen LogP contribution in [-0.4, -0.2) is 11.9 Å². The number of allylic oxidation sites excluding steroid dienone is 1. The molecule has 0 aromatic rings. The van der Waals surface area contributed by atoms with Gasteiger partial charge in [-0.15, -0.1) is 0 Å². The highest BCUT2D eigenvalue weighted by Crippen LogP contribution is 2.28. The van der Waals surface area contributed by atoms with Gasteiger partial charge in [0.1, 0.15) is 0 Å². The SMILES string of the molecule is O=C1C=C(C2=CCC2)C(=O)O1. The molecule has 0 atom stereocenters. The van der Waals surface area contributed by atoms with E-state index in [4.69, 9.17) is 0 Å². The summed E-state index contributed by atoms with van der Waals surface area (Å²) in [7, 11) is 0. The third-order valence-electron chi connectivity index (χ3n) is 1.83.